The van der Waals surface area contributed by atoms with Crippen LogP contribution in [-0.4, -0.2) is 18.4 Å². The number of methoxy groups -OCH3 is 1. The van der Waals surface area contributed by atoms with Crippen molar-refractivity contribution in [1.29, 1.82) is 0 Å². The molecule has 1 heterocycles. The second-order valence-corrected chi connectivity index (χ2v) is 6.14. The zero-order valence-corrected chi connectivity index (χ0v) is 14.5. The van der Waals surface area contributed by atoms with E-state index in [2.05, 4.69) is 27.6 Å². The van der Waals surface area contributed by atoms with Gasteiger partial charge in [0.05, 0.1) is 12.7 Å². The average molecular weight is 421 g/mol. The number of aromatic nitrogens is 1. The highest BCUT2D eigenvalue weighted by Crippen LogP contribution is 2.30. The summed E-state index contributed by atoms with van der Waals surface area (Å²) in [5.41, 5.74) is 3.21. The molecule has 0 fully saturated rings. The van der Waals surface area contributed by atoms with Crippen LogP contribution in [0, 0.1) is 9.52 Å². The Bertz CT molecular complexity index is 878. The SMILES string of the molecule is COc1c(C=O)ccc2cc(Cc3ccc(F)cc3)c(I)nc12. The number of nitrogens with zero attached hydrogens (tertiary/aromatic N) is 1. The molecule has 0 unspecified atom stereocenters. The van der Waals surface area contributed by atoms with Crippen LogP contribution in [0.1, 0.15) is 21.5 Å². The van der Waals surface area contributed by atoms with Crippen LogP contribution in [0.25, 0.3) is 10.9 Å². The Balaban J connectivity index is 2.07. The van der Waals surface area contributed by atoms with Gasteiger partial charge in [0.1, 0.15) is 15.0 Å². The molecule has 0 spiro atoms. The van der Waals surface area contributed by atoms with Crippen molar-refractivity contribution in [1.82, 2.24) is 4.98 Å². The van der Waals surface area contributed by atoms with Gasteiger partial charge in [-0.05, 0) is 58.0 Å². The number of halogens is 2. The highest BCUT2D eigenvalue weighted by Gasteiger charge is 2.12. The second kappa shape index (κ2) is 6.62. The number of hydrogen-bond acceptors (Lipinski definition) is 3. The Morgan fingerprint density at radius 1 is 1.22 bits per heavy atom. The van der Waals surface area contributed by atoms with Gasteiger partial charge in [-0.3, -0.25) is 4.79 Å². The summed E-state index contributed by atoms with van der Waals surface area (Å²) in [6, 6.07) is 12.1. The Labute approximate surface area is 146 Å². The molecule has 0 N–H and O–H groups in total. The minimum Gasteiger partial charge on any atom is -0.494 e. The van der Waals surface area contributed by atoms with Gasteiger partial charge in [0, 0.05) is 11.8 Å². The molecule has 0 aliphatic heterocycles. The first kappa shape index (κ1) is 15.9. The van der Waals surface area contributed by atoms with Gasteiger partial charge in [-0.15, -0.1) is 0 Å². The number of benzene rings is 2. The van der Waals surface area contributed by atoms with E-state index in [4.69, 9.17) is 4.74 Å². The first-order chi connectivity index (χ1) is 11.1. The lowest BCUT2D eigenvalue weighted by Crippen LogP contribution is -1.99. The highest BCUT2D eigenvalue weighted by molar-refractivity contribution is 14.1. The van der Waals surface area contributed by atoms with Crippen LogP contribution in [0.3, 0.4) is 0 Å². The number of carbonyl (C=O) groups excluding carboxylic acids is 1. The maximum Gasteiger partial charge on any atom is 0.155 e. The third kappa shape index (κ3) is 3.19. The quantitative estimate of drug-likeness (QED) is 0.357. The number of carbonyl (C=O) groups is 1. The third-order valence-corrected chi connectivity index (χ3v) is 4.57. The van der Waals surface area contributed by atoms with Crippen molar-refractivity contribution in [3.63, 3.8) is 0 Å². The second-order valence-electron chi connectivity index (χ2n) is 5.12. The topological polar surface area (TPSA) is 39.2 Å². The van der Waals surface area contributed by atoms with Crippen molar-refractivity contribution in [2.45, 2.75) is 6.42 Å². The van der Waals surface area contributed by atoms with E-state index in [9.17, 15) is 9.18 Å². The zero-order valence-electron chi connectivity index (χ0n) is 12.3. The number of aldehydes is 1. The molecule has 0 atom stereocenters. The van der Waals surface area contributed by atoms with Crippen molar-refractivity contribution < 1.29 is 13.9 Å². The van der Waals surface area contributed by atoms with Crippen molar-refractivity contribution in [3.05, 3.63) is 68.7 Å². The van der Waals surface area contributed by atoms with Gasteiger partial charge in [0.25, 0.3) is 0 Å². The molecule has 3 aromatic rings. The molecular formula is C18H13FINO2. The Morgan fingerprint density at radius 2 is 1.96 bits per heavy atom. The molecule has 2 aromatic carbocycles. The van der Waals surface area contributed by atoms with Gasteiger partial charge in [-0.25, -0.2) is 9.37 Å². The molecule has 0 saturated carbocycles. The van der Waals surface area contributed by atoms with Crippen molar-refractivity contribution in [2.24, 2.45) is 0 Å². The summed E-state index contributed by atoms with van der Waals surface area (Å²) in [4.78, 5) is 15.7. The van der Waals surface area contributed by atoms with E-state index in [-0.39, 0.29) is 5.82 Å². The summed E-state index contributed by atoms with van der Waals surface area (Å²) in [5, 5.41) is 0.907. The van der Waals surface area contributed by atoms with Gasteiger partial charge >= 0.3 is 0 Å². The van der Waals surface area contributed by atoms with Crippen LogP contribution in [0.2, 0.25) is 0 Å². The van der Waals surface area contributed by atoms with Gasteiger partial charge < -0.3 is 4.74 Å². The van der Waals surface area contributed by atoms with Crippen molar-refractivity contribution >= 4 is 39.8 Å². The first-order valence-corrected chi connectivity index (χ1v) is 8.06. The van der Waals surface area contributed by atoms with Crippen LogP contribution >= 0.6 is 22.6 Å². The van der Waals surface area contributed by atoms with Crippen LogP contribution in [-0.2, 0) is 6.42 Å². The lowest BCUT2D eigenvalue weighted by molar-refractivity contribution is 0.112. The average Bonchev–Trinajstić information content (AvgIpc) is 2.56. The van der Waals surface area contributed by atoms with Crippen LogP contribution in [0.15, 0.2) is 42.5 Å². The number of hydrogen-bond donors (Lipinski definition) is 0. The normalized spacial score (nSPS) is 10.7. The highest BCUT2D eigenvalue weighted by atomic mass is 127. The van der Waals surface area contributed by atoms with E-state index in [0.717, 1.165) is 26.5 Å². The number of fused-ring (bicyclic) bond motifs is 1. The fraction of sp³-hybridized carbons (Fsp3) is 0.111. The van der Waals surface area contributed by atoms with Crippen LogP contribution in [0.5, 0.6) is 5.75 Å². The van der Waals surface area contributed by atoms with E-state index in [1.165, 1.54) is 19.2 Å². The molecule has 0 saturated heterocycles. The summed E-state index contributed by atoms with van der Waals surface area (Å²) in [6.45, 7) is 0. The fourth-order valence-electron chi connectivity index (χ4n) is 2.50. The van der Waals surface area contributed by atoms with E-state index in [1.807, 2.05) is 12.1 Å². The lowest BCUT2D eigenvalue weighted by Gasteiger charge is -2.11. The van der Waals surface area contributed by atoms with Gasteiger partial charge in [0.15, 0.2) is 12.0 Å². The summed E-state index contributed by atoms with van der Waals surface area (Å²) < 4.78 is 19.2. The largest absolute Gasteiger partial charge is 0.494 e. The zero-order chi connectivity index (χ0) is 16.4. The van der Waals surface area contributed by atoms with E-state index in [1.54, 1.807) is 18.2 Å². The number of pyridine rings is 1. The van der Waals surface area contributed by atoms with Gasteiger partial charge in [0.2, 0.25) is 0 Å². The van der Waals surface area contributed by atoms with Crippen LogP contribution in [0.4, 0.5) is 4.39 Å². The van der Waals surface area contributed by atoms with Crippen LogP contribution < -0.4 is 4.74 Å². The molecule has 23 heavy (non-hydrogen) atoms. The van der Waals surface area contributed by atoms with Crippen molar-refractivity contribution in [2.75, 3.05) is 7.11 Å². The van der Waals surface area contributed by atoms with E-state index >= 15 is 0 Å². The Kier molecular flexibility index (Phi) is 4.56. The Morgan fingerprint density at radius 3 is 2.61 bits per heavy atom. The monoisotopic (exact) mass is 421 g/mol. The predicted molar refractivity (Wildman–Crippen MR) is 95.6 cm³/mol. The number of ether oxygens (including phenoxy) is 1. The Hall–Kier alpha value is -2.02. The summed E-state index contributed by atoms with van der Waals surface area (Å²) >= 11 is 2.17. The maximum absolute atomic E-state index is 13.0. The molecule has 5 heteroatoms. The fourth-order valence-corrected chi connectivity index (χ4v) is 3.09. The molecule has 0 radical (unpaired) electrons. The molecule has 0 amide bonds. The third-order valence-electron chi connectivity index (χ3n) is 3.64. The van der Waals surface area contributed by atoms with Gasteiger partial charge in [-0.1, -0.05) is 18.2 Å². The maximum atomic E-state index is 13.0. The molecule has 3 nitrogen and oxygen atoms in total. The molecular weight excluding hydrogens is 408 g/mol. The summed E-state index contributed by atoms with van der Waals surface area (Å²) in [7, 11) is 1.53. The minimum atomic E-state index is -0.244. The minimum absolute atomic E-state index is 0.244. The molecule has 1 aromatic heterocycles. The predicted octanol–water partition coefficient (Wildman–Crippen LogP) is 4.39. The standard InChI is InChI=1S/C18H13FINO2/c1-23-17-13(10-22)5-4-12-9-14(18(20)21-16(12)17)8-11-2-6-15(19)7-3-11/h2-7,9-10H,8H2,1H3. The smallest absolute Gasteiger partial charge is 0.155 e. The summed E-state index contributed by atoms with van der Waals surface area (Å²) in [6.07, 6.45) is 1.43. The molecule has 0 aliphatic carbocycles. The van der Waals surface area contributed by atoms with E-state index < -0.39 is 0 Å². The van der Waals surface area contributed by atoms with Crippen molar-refractivity contribution in [3.8, 4) is 5.75 Å². The molecule has 0 aliphatic rings. The van der Waals surface area contributed by atoms with Gasteiger partial charge in [-0.2, -0.15) is 0 Å². The molecule has 3 rings (SSSR count). The molecule has 0 bridgehead atoms. The molecule has 116 valence electrons. The lowest BCUT2D eigenvalue weighted by atomic mass is 10.0. The van der Waals surface area contributed by atoms with E-state index in [0.29, 0.717) is 23.3 Å². The summed E-state index contributed by atoms with van der Waals surface area (Å²) in [5.74, 6) is 0.245. The number of rotatable bonds is 4. The first-order valence-electron chi connectivity index (χ1n) is 6.98.